The van der Waals surface area contributed by atoms with Crippen LogP contribution in [0.5, 0.6) is 0 Å². The molecule has 2 atom stereocenters. The van der Waals surface area contributed by atoms with Gasteiger partial charge in [-0.25, -0.2) is 9.97 Å². The molecule has 2 N–H and O–H groups in total. The van der Waals surface area contributed by atoms with Crippen LogP contribution >= 0.6 is 0 Å². The molecule has 0 aliphatic carbocycles. The van der Waals surface area contributed by atoms with Crippen LogP contribution in [-0.4, -0.2) is 45.0 Å². The van der Waals surface area contributed by atoms with E-state index in [1.165, 1.54) is 31.3 Å². The quantitative estimate of drug-likeness (QED) is 0.770. The summed E-state index contributed by atoms with van der Waals surface area (Å²) in [5.41, 5.74) is 3.32. The molecule has 0 spiro atoms. The van der Waals surface area contributed by atoms with Gasteiger partial charge in [-0.05, 0) is 61.9 Å². The first-order chi connectivity index (χ1) is 12.3. The van der Waals surface area contributed by atoms with Gasteiger partial charge in [0.25, 0.3) is 0 Å². The van der Waals surface area contributed by atoms with Crippen LogP contribution in [0.4, 0.5) is 5.95 Å². The van der Waals surface area contributed by atoms with Gasteiger partial charge < -0.3 is 10.3 Å². The summed E-state index contributed by atoms with van der Waals surface area (Å²) in [6.07, 6.45) is 8.39. The van der Waals surface area contributed by atoms with Crippen molar-refractivity contribution in [3.63, 3.8) is 0 Å². The predicted molar refractivity (Wildman–Crippen MR) is 100 cm³/mol. The monoisotopic (exact) mass is 333 g/mol. The van der Waals surface area contributed by atoms with Gasteiger partial charge in [0.2, 0.25) is 5.95 Å². The van der Waals surface area contributed by atoms with Crippen LogP contribution in [0.25, 0.3) is 22.0 Å². The Morgan fingerprint density at radius 2 is 1.88 bits per heavy atom. The van der Waals surface area contributed by atoms with Crippen LogP contribution in [0.1, 0.15) is 19.8 Å². The molecule has 3 aliphatic heterocycles. The van der Waals surface area contributed by atoms with Gasteiger partial charge in [-0.2, -0.15) is 0 Å². The molecule has 2 aromatic heterocycles. The minimum absolute atomic E-state index is 0.462. The molecule has 5 heteroatoms. The van der Waals surface area contributed by atoms with E-state index in [0.29, 0.717) is 12.1 Å². The third-order valence-corrected chi connectivity index (χ3v) is 6.01. The van der Waals surface area contributed by atoms with E-state index in [0.717, 1.165) is 28.5 Å². The SMILES string of the molecule is C[C@@H]1[C@H](Nc2ncc(-c3ccc4cc[nH]c4c3)cn2)C2CCN1CC2. The van der Waals surface area contributed by atoms with Crippen LogP contribution in [0.2, 0.25) is 0 Å². The zero-order chi connectivity index (χ0) is 16.8. The molecule has 2 bridgehead atoms. The molecule has 0 amide bonds. The standard InChI is InChI=1S/C20H23N5/c1-13-19(15-5-8-25(13)9-6-15)24-20-22-11-17(12-23-20)16-3-2-14-4-7-21-18(14)10-16/h2-4,7,10-13,15,19,21H,5-6,8-9H2,1H3,(H,22,23,24)/t13-,19+/m1/s1. The maximum absolute atomic E-state index is 4.58. The fourth-order valence-corrected chi connectivity index (χ4v) is 4.47. The molecule has 1 aromatic carbocycles. The van der Waals surface area contributed by atoms with Crippen molar-refractivity contribution in [1.82, 2.24) is 19.9 Å². The first kappa shape index (κ1) is 14.9. The van der Waals surface area contributed by atoms with Crippen molar-refractivity contribution >= 4 is 16.9 Å². The van der Waals surface area contributed by atoms with Crippen molar-refractivity contribution in [2.75, 3.05) is 18.4 Å². The number of nitrogens with one attached hydrogen (secondary N) is 2. The number of H-pyrrole nitrogens is 1. The van der Waals surface area contributed by atoms with Gasteiger partial charge in [0.15, 0.2) is 0 Å². The molecule has 128 valence electrons. The van der Waals surface area contributed by atoms with Crippen molar-refractivity contribution < 1.29 is 0 Å². The second-order valence-electron chi connectivity index (χ2n) is 7.36. The Hall–Kier alpha value is -2.40. The Bertz CT molecular complexity index is 874. The number of rotatable bonds is 3. The lowest BCUT2D eigenvalue weighted by Gasteiger charge is -2.49. The van der Waals surface area contributed by atoms with Crippen LogP contribution in [0.15, 0.2) is 42.9 Å². The highest BCUT2D eigenvalue weighted by Crippen LogP contribution is 2.33. The topological polar surface area (TPSA) is 56.8 Å². The van der Waals surface area contributed by atoms with Gasteiger partial charge in [0.05, 0.1) is 0 Å². The highest BCUT2D eigenvalue weighted by Gasteiger charge is 2.39. The molecule has 0 saturated carbocycles. The molecule has 0 unspecified atom stereocenters. The Kier molecular flexibility index (Phi) is 3.48. The summed E-state index contributed by atoms with van der Waals surface area (Å²) in [4.78, 5) is 15.0. The average molecular weight is 333 g/mol. The minimum atomic E-state index is 0.462. The Morgan fingerprint density at radius 1 is 1.08 bits per heavy atom. The Balaban J connectivity index is 1.36. The molecule has 3 saturated heterocycles. The number of nitrogens with zero attached hydrogens (tertiary/aromatic N) is 3. The second kappa shape index (κ2) is 5.85. The third-order valence-electron chi connectivity index (χ3n) is 6.01. The molecule has 3 aromatic rings. The number of aromatic amines is 1. The van der Waals surface area contributed by atoms with Crippen molar-refractivity contribution in [1.29, 1.82) is 0 Å². The molecular formula is C20H23N5. The van der Waals surface area contributed by atoms with E-state index in [-0.39, 0.29) is 0 Å². The van der Waals surface area contributed by atoms with E-state index >= 15 is 0 Å². The molecule has 25 heavy (non-hydrogen) atoms. The lowest BCUT2D eigenvalue weighted by atomic mass is 9.79. The van der Waals surface area contributed by atoms with Gasteiger partial charge in [-0.15, -0.1) is 0 Å². The minimum Gasteiger partial charge on any atom is -0.361 e. The largest absolute Gasteiger partial charge is 0.361 e. The van der Waals surface area contributed by atoms with Crippen molar-refractivity contribution in [2.24, 2.45) is 5.92 Å². The lowest BCUT2D eigenvalue weighted by molar-refractivity contribution is 0.0455. The molecule has 6 rings (SSSR count). The number of hydrogen-bond donors (Lipinski definition) is 2. The van der Waals surface area contributed by atoms with Gasteiger partial charge in [-0.3, -0.25) is 4.90 Å². The fourth-order valence-electron chi connectivity index (χ4n) is 4.47. The fraction of sp³-hybridized carbons (Fsp3) is 0.400. The zero-order valence-corrected chi connectivity index (χ0v) is 14.4. The molecule has 3 fully saturated rings. The number of fused-ring (bicyclic) bond motifs is 4. The zero-order valence-electron chi connectivity index (χ0n) is 14.4. The smallest absolute Gasteiger partial charge is 0.222 e. The molecule has 0 radical (unpaired) electrons. The summed E-state index contributed by atoms with van der Waals surface area (Å²) >= 11 is 0. The Labute approximate surface area is 147 Å². The van der Waals surface area contributed by atoms with Crippen molar-refractivity contribution in [3.8, 4) is 11.1 Å². The number of aromatic nitrogens is 3. The van der Waals surface area contributed by atoms with E-state index in [4.69, 9.17) is 0 Å². The van der Waals surface area contributed by atoms with Crippen molar-refractivity contribution in [3.05, 3.63) is 42.9 Å². The number of piperidine rings is 3. The maximum atomic E-state index is 4.58. The van der Waals surface area contributed by atoms with Gasteiger partial charge in [0, 0.05) is 41.8 Å². The summed E-state index contributed by atoms with van der Waals surface area (Å²) in [5.74, 6) is 1.49. The summed E-state index contributed by atoms with van der Waals surface area (Å²) in [6, 6.07) is 9.50. The van der Waals surface area contributed by atoms with Gasteiger partial charge >= 0.3 is 0 Å². The average Bonchev–Trinajstić information content (AvgIpc) is 3.13. The molecular weight excluding hydrogens is 310 g/mol. The molecule has 3 aliphatic rings. The number of anilines is 1. The summed E-state index contributed by atoms with van der Waals surface area (Å²) in [6.45, 7) is 4.80. The van der Waals surface area contributed by atoms with E-state index < -0.39 is 0 Å². The molecule has 5 nitrogen and oxygen atoms in total. The Morgan fingerprint density at radius 3 is 2.64 bits per heavy atom. The first-order valence-corrected chi connectivity index (χ1v) is 9.18. The highest BCUT2D eigenvalue weighted by molar-refractivity contribution is 5.84. The highest BCUT2D eigenvalue weighted by atomic mass is 15.2. The molecule has 5 heterocycles. The summed E-state index contributed by atoms with van der Waals surface area (Å²) < 4.78 is 0. The van der Waals surface area contributed by atoms with E-state index in [2.05, 4.69) is 56.4 Å². The summed E-state index contributed by atoms with van der Waals surface area (Å²) in [5, 5.41) is 4.82. The number of benzene rings is 1. The lowest BCUT2D eigenvalue weighted by Crippen LogP contribution is -2.59. The van der Waals surface area contributed by atoms with E-state index in [1.807, 2.05) is 18.6 Å². The van der Waals surface area contributed by atoms with E-state index in [9.17, 15) is 0 Å². The van der Waals surface area contributed by atoms with Gasteiger partial charge in [-0.1, -0.05) is 12.1 Å². The normalized spacial score (nSPS) is 28.4. The van der Waals surface area contributed by atoms with Crippen LogP contribution in [0, 0.1) is 5.92 Å². The maximum Gasteiger partial charge on any atom is 0.222 e. The third kappa shape index (κ3) is 2.59. The van der Waals surface area contributed by atoms with Crippen molar-refractivity contribution in [2.45, 2.75) is 31.8 Å². The van der Waals surface area contributed by atoms with Crippen LogP contribution in [0.3, 0.4) is 0 Å². The van der Waals surface area contributed by atoms with Crippen LogP contribution < -0.4 is 5.32 Å². The van der Waals surface area contributed by atoms with Crippen LogP contribution in [-0.2, 0) is 0 Å². The van der Waals surface area contributed by atoms with E-state index in [1.54, 1.807) is 0 Å². The predicted octanol–water partition coefficient (Wildman–Crippen LogP) is 3.52. The first-order valence-electron chi connectivity index (χ1n) is 9.18. The van der Waals surface area contributed by atoms with Gasteiger partial charge in [0.1, 0.15) is 0 Å². The second-order valence-corrected chi connectivity index (χ2v) is 7.36. The number of hydrogen-bond acceptors (Lipinski definition) is 4. The summed E-state index contributed by atoms with van der Waals surface area (Å²) in [7, 11) is 0.